The number of rotatable bonds is 5. The second-order valence-electron chi connectivity index (χ2n) is 6.38. The largest absolute Gasteiger partial charge is 0.315 e. The Labute approximate surface area is 151 Å². The molecular formula is C18H21FN5S+. The van der Waals surface area contributed by atoms with Gasteiger partial charge in [-0.1, -0.05) is 29.8 Å². The molecule has 0 aliphatic carbocycles. The highest BCUT2D eigenvalue weighted by molar-refractivity contribution is 7.71. The summed E-state index contributed by atoms with van der Waals surface area (Å²) in [6.45, 7) is 5.43. The molecule has 0 radical (unpaired) electrons. The van der Waals surface area contributed by atoms with Crippen molar-refractivity contribution in [1.82, 2.24) is 19.8 Å². The number of aryl methyl sites for hydroxylation is 2. The molecule has 0 saturated carbocycles. The van der Waals surface area contributed by atoms with E-state index in [1.165, 1.54) is 22.6 Å². The van der Waals surface area contributed by atoms with Crippen LogP contribution in [0.2, 0.25) is 0 Å². The van der Waals surface area contributed by atoms with Crippen molar-refractivity contribution in [2.75, 3.05) is 7.05 Å². The minimum atomic E-state index is -0.222. The van der Waals surface area contributed by atoms with Gasteiger partial charge in [-0.2, -0.15) is 9.36 Å². The Bertz CT molecular complexity index is 929. The molecule has 1 atom stereocenters. The third-order valence-electron chi connectivity index (χ3n) is 4.06. The third kappa shape index (κ3) is 4.00. The normalized spacial score (nSPS) is 12.3. The SMILES string of the molecule is Cc1ccc(-n2nnn(C[NH+](C)Cc3ccc(F)cc3)c2=S)c(C)c1. The number of nitrogens with zero attached hydrogens (tertiary/aromatic N) is 4. The Hall–Kier alpha value is -2.38. The van der Waals surface area contributed by atoms with E-state index in [-0.39, 0.29) is 5.82 Å². The highest BCUT2D eigenvalue weighted by atomic mass is 32.1. The van der Waals surface area contributed by atoms with Crippen LogP contribution in [0.25, 0.3) is 5.69 Å². The molecule has 0 aliphatic rings. The van der Waals surface area contributed by atoms with Gasteiger partial charge in [0.2, 0.25) is 4.77 Å². The molecule has 0 amide bonds. The van der Waals surface area contributed by atoms with E-state index in [2.05, 4.69) is 23.4 Å². The predicted octanol–water partition coefficient (Wildman–Crippen LogP) is 2.23. The molecule has 1 unspecified atom stereocenters. The zero-order valence-corrected chi connectivity index (χ0v) is 15.3. The first-order valence-electron chi connectivity index (χ1n) is 8.10. The van der Waals surface area contributed by atoms with Crippen LogP contribution in [-0.2, 0) is 13.2 Å². The van der Waals surface area contributed by atoms with E-state index in [1.807, 2.05) is 26.1 Å². The summed E-state index contributed by atoms with van der Waals surface area (Å²) in [7, 11) is 2.04. The fraction of sp³-hybridized carbons (Fsp3) is 0.278. The average molecular weight is 358 g/mol. The molecule has 3 aromatic rings. The summed E-state index contributed by atoms with van der Waals surface area (Å²) < 4.78 is 17.0. The molecule has 0 bridgehead atoms. The highest BCUT2D eigenvalue weighted by Gasteiger charge is 2.12. The Kier molecular flexibility index (Phi) is 5.06. The van der Waals surface area contributed by atoms with Crippen LogP contribution in [0.3, 0.4) is 0 Å². The van der Waals surface area contributed by atoms with Gasteiger partial charge in [0.05, 0.1) is 12.7 Å². The first-order chi connectivity index (χ1) is 11.9. The molecule has 130 valence electrons. The van der Waals surface area contributed by atoms with Gasteiger partial charge in [-0.25, -0.2) is 4.39 Å². The number of halogens is 1. The maximum atomic E-state index is 13.0. The van der Waals surface area contributed by atoms with Gasteiger partial charge >= 0.3 is 0 Å². The van der Waals surface area contributed by atoms with Gasteiger partial charge in [0, 0.05) is 5.56 Å². The minimum absolute atomic E-state index is 0.222. The molecule has 0 saturated heterocycles. The fourth-order valence-electron chi connectivity index (χ4n) is 2.83. The lowest BCUT2D eigenvalue weighted by Crippen LogP contribution is -3.07. The summed E-state index contributed by atoms with van der Waals surface area (Å²) in [4.78, 5) is 1.18. The van der Waals surface area contributed by atoms with Crippen LogP contribution in [0.5, 0.6) is 0 Å². The first-order valence-corrected chi connectivity index (χ1v) is 8.51. The van der Waals surface area contributed by atoms with Gasteiger partial charge in [-0.3, -0.25) is 0 Å². The first kappa shape index (κ1) is 17.4. The zero-order chi connectivity index (χ0) is 18.0. The second-order valence-corrected chi connectivity index (χ2v) is 6.75. The maximum Gasteiger partial charge on any atom is 0.225 e. The van der Waals surface area contributed by atoms with Gasteiger partial charge in [0.1, 0.15) is 12.4 Å². The quantitative estimate of drug-likeness (QED) is 0.711. The van der Waals surface area contributed by atoms with Crippen molar-refractivity contribution in [1.29, 1.82) is 0 Å². The summed E-state index contributed by atoms with van der Waals surface area (Å²) >= 11 is 5.54. The predicted molar refractivity (Wildman–Crippen MR) is 96.6 cm³/mol. The van der Waals surface area contributed by atoms with Crippen LogP contribution in [-0.4, -0.2) is 26.8 Å². The van der Waals surface area contributed by atoms with Gasteiger partial charge in [-0.05, 0) is 60.3 Å². The van der Waals surface area contributed by atoms with Gasteiger partial charge in [0.25, 0.3) is 0 Å². The molecule has 25 heavy (non-hydrogen) atoms. The summed E-state index contributed by atoms with van der Waals surface area (Å²) in [5.74, 6) is -0.222. The summed E-state index contributed by atoms with van der Waals surface area (Å²) in [6.07, 6.45) is 0. The van der Waals surface area contributed by atoms with Crippen LogP contribution in [0.4, 0.5) is 4.39 Å². The van der Waals surface area contributed by atoms with Crippen LogP contribution in [0, 0.1) is 24.4 Å². The van der Waals surface area contributed by atoms with Crippen molar-refractivity contribution in [2.24, 2.45) is 0 Å². The minimum Gasteiger partial charge on any atom is -0.315 e. The Morgan fingerprint density at radius 2 is 1.80 bits per heavy atom. The third-order valence-corrected chi connectivity index (χ3v) is 4.44. The summed E-state index contributed by atoms with van der Waals surface area (Å²) in [5.41, 5.74) is 4.31. The molecule has 0 spiro atoms. The van der Waals surface area contributed by atoms with E-state index in [1.54, 1.807) is 21.5 Å². The van der Waals surface area contributed by atoms with E-state index in [0.29, 0.717) is 11.4 Å². The fourth-order valence-corrected chi connectivity index (χ4v) is 3.07. The molecule has 3 rings (SSSR count). The lowest BCUT2D eigenvalue weighted by atomic mass is 10.1. The second kappa shape index (κ2) is 7.25. The number of benzene rings is 2. The number of tetrazole rings is 1. The number of nitrogens with one attached hydrogen (secondary N) is 1. The lowest BCUT2D eigenvalue weighted by molar-refractivity contribution is -0.917. The van der Waals surface area contributed by atoms with Crippen LogP contribution in [0.15, 0.2) is 42.5 Å². The van der Waals surface area contributed by atoms with Gasteiger partial charge in [0.15, 0.2) is 6.67 Å². The molecule has 1 aromatic heterocycles. The van der Waals surface area contributed by atoms with Crippen LogP contribution in [0.1, 0.15) is 16.7 Å². The van der Waals surface area contributed by atoms with Crippen molar-refractivity contribution >= 4 is 12.2 Å². The molecule has 0 fully saturated rings. The molecule has 1 heterocycles. The number of hydrogen-bond acceptors (Lipinski definition) is 3. The summed E-state index contributed by atoms with van der Waals surface area (Å²) in [5, 5.41) is 8.41. The summed E-state index contributed by atoms with van der Waals surface area (Å²) in [6, 6.07) is 12.7. The van der Waals surface area contributed by atoms with E-state index < -0.39 is 0 Å². The van der Waals surface area contributed by atoms with Crippen LogP contribution >= 0.6 is 12.2 Å². The van der Waals surface area contributed by atoms with Gasteiger partial charge in [-0.15, -0.1) is 0 Å². The maximum absolute atomic E-state index is 13.0. The molecule has 1 N–H and O–H groups in total. The lowest BCUT2D eigenvalue weighted by Gasteiger charge is -2.13. The van der Waals surface area contributed by atoms with Crippen molar-refractivity contribution in [3.05, 3.63) is 69.7 Å². The zero-order valence-electron chi connectivity index (χ0n) is 14.5. The topological polar surface area (TPSA) is 40.1 Å². The smallest absolute Gasteiger partial charge is 0.225 e. The average Bonchev–Trinajstić information content (AvgIpc) is 2.91. The molecule has 2 aromatic carbocycles. The van der Waals surface area contributed by atoms with Crippen molar-refractivity contribution in [2.45, 2.75) is 27.1 Å². The Morgan fingerprint density at radius 3 is 2.48 bits per heavy atom. The van der Waals surface area contributed by atoms with Gasteiger partial charge < -0.3 is 4.90 Å². The molecule has 5 nitrogen and oxygen atoms in total. The van der Waals surface area contributed by atoms with E-state index >= 15 is 0 Å². The van der Waals surface area contributed by atoms with Crippen molar-refractivity contribution < 1.29 is 9.29 Å². The van der Waals surface area contributed by atoms with Crippen molar-refractivity contribution in [3.8, 4) is 5.69 Å². The highest BCUT2D eigenvalue weighted by Crippen LogP contribution is 2.14. The number of aromatic nitrogens is 4. The monoisotopic (exact) mass is 358 g/mol. The van der Waals surface area contributed by atoms with E-state index in [0.717, 1.165) is 23.4 Å². The molecule has 0 aliphatic heterocycles. The standard InChI is InChI=1S/C18H20FN5S/c1-13-4-9-17(14(2)10-13)24-18(25)23(20-21-24)12-22(3)11-15-5-7-16(19)8-6-15/h4-10H,11-12H2,1-3H3/p+1. The molecular weight excluding hydrogens is 337 g/mol. The van der Waals surface area contributed by atoms with Crippen molar-refractivity contribution in [3.63, 3.8) is 0 Å². The molecule has 7 heteroatoms. The van der Waals surface area contributed by atoms with E-state index in [4.69, 9.17) is 12.2 Å². The Balaban J connectivity index is 1.77. The van der Waals surface area contributed by atoms with E-state index in [9.17, 15) is 4.39 Å². The van der Waals surface area contributed by atoms with Crippen LogP contribution < -0.4 is 4.90 Å². The Morgan fingerprint density at radius 1 is 1.08 bits per heavy atom. The number of hydrogen-bond donors (Lipinski definition) is 1. The number of quaternary nitrogens is 1.